The molecule has 48 heavy (non-hydrogen) atoms. The molecule has 0 amide bonds. The number of nitrogens with zero attached hydrogens (tertiary/aromatic N) is 3. The van der Waals surface area contributed by atoms with E-state index in [1.54, 1.807) is 36.4 Å². The topological polar surface area (TPSA) is 209 Å². The van der Waals surface area contributed by atoms with Crippen molar-refractivity contribution in [2.45, 2.75) is 39.8 Å². The maximum Gasteiger partial charge on any atom is 0.348 e. The third-order valence-corrected chi connectivity index (χ3v) is 6.05. The quantitative estimate of drug-likeness (QED) is 0.0936. The van der Waals surface area contributed by atoms with Gasteiger partial charge in [-0.05, 0) is 82.0 Å². The lowest BCUT2D eigenvalue weighted by molar-refractivity contribution is -0.135. The normalized spacial score (nSPS) is 11.6. The summed E-state index contributed by atoms with van der Waals surface area (Å²) in [5.41, 5.74) is 7.05. The van der Waals surface area contributed by atoms with Crippen LogP contribution < -0.4 is 26.2 Å². The van der Waals surface area contributed by atoms with Gasteiger partial charge in [0, 0.05) is 31.6 Å². The van der Waals surface area contributed by atoms with E-state index < -0.39 is 29.5 Å². The zero-order valence-corrected chi connectivity index (χ0v) is 27.7. The van der Waals surface area contributed by atoms with Gasteiger partial charge >= 0.3 is 5.69 Å². The van der Waals surface area contributed by atoms with Gasteiger partial charge in [0.15, 0.2) is 17.3 Å². The Hall–Kier alpha value is -5.70. The number of H-pyrrole nitrogens is 1. The first-order valence-electron chi connectivity index (χ1n) is 14.7. The van der Waals surface area contributed by atoms with Gasteiger partial charge in [0.05, 0.1) is 6.61 Å². The number of carboxylic acid groups (broad SMARTS) is 2. The van der Waals surface area contributed by atoms with E-state index in [2.05, 4.69) is 15.4 Å². The molecule has 0 saturated carbocycles. The number of ether oxygens (including phenoxy) is 2. The van der Waals surface area contributed by atoms with Crippen molar-refractivity contribution in [1.82, 2.24) is 19.7 Å². The van der Waals surface area contributed by atoms with Crippen LogP contribution in [0.3, 0.4) is 0 Å². The number of aromatic amines is 1. The highest BCUT2D eigenvalue weighted by atomic mass is 19.1. The molecule has 4 aromatic rings. The Morgan fingerprint density at radius 2 is 1.67 bits per heavy atom. The van der Waals surface area contributed by atoms with Crippen LogP contribution in [-0.4, -0.2) is 81.0 Å². The van der Waals surface area contributed by atoms with E-state index in [-0.39, 0.29) is 23.5 Å². The largest absolute Gasteiger partial charge is 0.490 e. The Kier molecular flexibility index (Phi) is 14.8. The Balaban J connectivity index is 0.000000900. The molecule has 0 bridgehead atoms. The fourth-order valence-corrected chi connectivity index (χ4v) is 4.32. The van der Waals surface area contributed by atoms with Crippen molar-refractivity contribution in [2.24, 2.45) is 5.73 Å². The van der Waals surface area contributed by atoms with Crippen LogP contribution >= 0.6 is 0 Å². The lowest BCUT2D eigenvalue weighted by Gasteiger charge is -2.23. The van der Waals surface area contributed by atoms with Crippen molar-refractivity contribution in [3.63, 3.8) is 0 Å². The fraction of sp³-hybridized carbons (Fsp3) is 0.303. The summed E-state index contributed by atoms with van der Waals surface area (Å²) in [6.07, 6.45) is -0.0819. The molecule has 0 fully saturated rings. The number of rotatable bonds is 12. The molecule has 0 saturated heterocycles. The summed E-state index contributed by atoms with van der Waals surface area (Å²) in [5.74, 6) is -0.883. The molecule has 15 heteroatoms. The molecule has 0 spiro atoms. The molecule has 0 radical (unpaired) electrons. The molecular formula is C33H42FN7O7. The number of carboxylic acids is 2. The van der Waals surface area contributed by atoms with Gasteiger partial charge in [0.1, 0.15) is 29.5 Å². The van der Waals surface area contributed by atoms with Crippen LogP contribution in [0.4, 0.5) is 10.1 Å². The molecular weight excluding hydrogens is 625 g/mol. The number of nitrogens with two attached hydrogens (primary N) is 1. The van der Waals surface area contributed by atoms with Crippen molar-refractivity contribution in [2.75, 3.05) is 32.6 Å². The molecule has 258 valence electrons. The summed E-state index contributed by atoms with van der Waals surface area (Å²) in [7, 11) is 3.96. The summed E-state index contributed by atoms with van der Waals surface area (Å²) >= 11 is 0. The standard InChI is InChI=1S/C29H34FN7O3.2C2H4O2/c1-5-39-25-16-20(12-15-24(25)40-18(2)17-36(3)4)26(33-21-13-10-19(11-14-21)27(31)32)28-34-29(38)37(35-28)23-9-7-6-8-22(23)30;2*1-2(3)4/h6-16,18,26,33H,5,17H2,1-4H3,(H3,31,32)(H,34,35,38);2*1H3,(H,3,4). The lowest BCUT2D eigenvalue weighted by Crippen LogP contribution is -2.28. The molecule has 2 unspecified atom stereocenters. The van der Waals surface area contributed by atoms with Crippen LogP contribution in [0.2, 0.25) is 0 Å². The monoisotopic (exact) mass is 667 g/mol. The van der Waals surface area contributed by atoms with Gasteiger partial charge in [-0.15, -0.1) is 5.10 Å². The first-order valence-corrected chi connectivity index (χ1v) is 14.7. The highest BCUT2D eigenvalue weighted by molar-refractivity contribution is 5.95. The maximum atomic E-state index is 14.5. The number of hydrogen-bond acceptors (Lipinski definition) is 9. The predicted octanol–water partition coefficient (Wildman–Crippen LogP) is 4.09. The van der Waals surface area contributed by atoms with Crippen molar-refractivity contribution >= 4 is 23.5 Å². The SMILES string of the molecule is CC(=O)O.CC(=O)O.CCOc1cc(C(Nc2ccc(C(=N)N)cc2)c2nn(-c3ccccc3F)c(=O)[nH]2)ccc1OC(C)CN(C)C. The van der Waals surface area contributed by atoms with Gasteiger partial charge in [-0.25, -0.2) is 9.18 Å². The zero-order valence-electron chi connectivity index (χ0n) is 27.7. The van der Waals surface area contributed by atoms with Crippen molar-refractivity contribution in [1.29, 1.82) is 5.41 Å². The number of halogens is 1. The number of nitrogen functional groups attached to an aromatic ring is 1. The summed E-state index contributed by atoms with van der Waals surface area (Å²) in [5, 5.41) is 30.3. The average Bonchev–Trinajstić information content (AvgIpc) is 3.37. The molecule has 14 nitrogen and oxygen atoms in total. The van der Waals surface area contributed by atoms with Crippen molar-refractivity contribution in [3.8, 4) is 17.2 Å². The second-order valence-corrected chi connectivity index (χ2v) is 10.6. The van der Waals surface area contributed by atoms with Crippen LogP contribution in [0.1, 0.15) is 50.7 Å². The van der Waals surface area contributed by atoms with E-state index in [4.69, 9.17) is 40.4 Å². The number of hydrogen-bond donors (Lipinski definition) is 6. The summed E-state index contributed by atoms with van der Waals surface area (Å²) < 4.78 is 27.6. The molecule has 4 rings (SSSR count). The van der Waals surface area contributed by atoms with Gasteiger partial charge in [-0.3, -0.25) is 20.0 Å². The minimum Gasteiger partial charge on any atom is -0.490 e. The number of likely N-dealkylation sites (N-methyl/N-ethyl adjacent to an activating group) is 1. The number of amidine groups is 1. The third-order valence-electron chi connectivity index (χ3n) is 6.05. The van der Waals surface area contributed by atoms with Gasteiger partial charge in [0.2, 0.25) is 0 Å². The van der Waals surface area contributed by atoms with Crippen LogP contribution in [0.15, 0.2) is 71.5 Å². The second kappa shape index (κ2) is 18.4. The molecule has 0 aliphatic carbocycles. The van der Waals surface area contributed by atoms with Crippen molar-refractivity contribution < 1.29 is 33.7 Å². The minimum atomic E-state index is -0.833. The molecule has 1 aromatic heterocycles. The molecule has 0 aliphatic rings. The summed E-state index contributed by atoms with van der Waals surface area (Å²) in [4.78, 5) is 35.7. The Morgan fingerprint density at radius 3 is 2.21 bits per heavy atom. The number of anilines is 1. The molecule has 7 N–H and O–H groups in total. The van der Waals surface area contributed by atoms with E-state index in [0.717, 1.165) is 30.6 Å². The first-order chi connectivity index (χ1) is 22.6. The van der Waals surface area contributed by atoms with Crippen LogP contribution in [0.5, 0.6) is 11.5 Å². The number of carbonyl (C=O) groups is 2. The maximum absolute atomic E-state index is 14.5. The smallest absolute Gasteiger partial charge is 0.348 e. The van der Waals surface area contributed by atoms with E-state index in [9.17, 15) is 9.18 Å². The molecule has 0 aliphatic heterocycles. The predicted molar refractivity (Wildman–Crippen MR) is 180 cm³/mol. The Bertz CT molecular complexity index is 1700. The highest BCUT2D eigenvalue weighted by Gasteiger charge is 2.23. The van der Waals surface area contributed by atoms with E-state index in [0.29, 0.717) is 29.4 Å². The number of para-hydroxylation sites is 1. The van der Waals surface area contributed by atoms with Gasteiger partial charge < -0.3 is 35.6 Å². The van der Waals surface area contributed by atoms with Crippen LogP contribution in [-0.2, 0) is 9.59 Å². The highest BCUT2D eigenvalue weighted by Crippen LogP contribution is 2.34. The van der Waals surface area contributed by atoms with Gasteiger partial charge in [0.25, 0.3) is 11.9 Å². The third kappa shape index (κ3) is 12.2. The molecule has 1 heterocycles. The van der Waals surface area contributed by atoms with E-state index in [1.807, 2.05) is 51.0 Å². The van der Waals surface area contributed by atoms with Gasteiger partial charge in [-0.1, -0.05) is 18.2 Å². The van der Waals surface area contributed by atoms with E-state index in [1.165, 1.54) is 12.1 Å². The first kappa shape index (κ1) is 38.5. The number of aliphatic carboxylic acids is 2. The van der Waals surface area contributed by atoms with E-state index >= 15 is 0 Å². The van der Waals surface area contributed by atoms with Crippen LogP contribution in [0, 0.1) is 11.2 Å². The van der Waals surface area contributed by atoms with Crippen molar-refractivity contribution in [3.05, 3.63) is 100.0 Å². The average molecular weight is 668 g/mol. The lowest BCUT2D eigenvalue weighted by atomic mass is 10.0. The Labute approximate surface area is 277 Å². The zero-order chi connectivity index (χ0) is 36.0. The fourth-order valence-electron chi connectivity index (χ4n) is 4.32. The Morgan fingerprint density at radius 1 is 1.06 bits per heavy atom. The minimum absolute atomic E-state index is 0.0354. The van der Waals surface area contributed by atoms with Crippen LogP contribution in [0.25, 0.3) is 5.69 Å². The summed E-state index contributed by atoms with van der Waals surface area (Å²) in [6, 6.07) is 17.8. The number of aromatic nitrogens is 3. The molecule has 3 aromatic carbocycles. The summed E-state index contributed by atoms with van der Waals surface area (Å²) in [6.45, 7) is 7.19. The van der Waals surface area contributed by atoms with Gasteiger partial charge in [-0.2, -0.15) is 4.68 Å². The number of nitrogens with one attached hydrogen (secondary N) is 3. The molecule has 2 atom stereocenters. The second-order valence-electron chi connectivity index (χ2n) is 10.6. The number of benzene rings is 3.